The highest BCUT2D eigenvalue weighted by Crippen LogP contribution is 2.13. The average molecular weight is 308 g/mol. The van der Waals surface area contributed by atoms with E-state index in [1.54, 1.807) is 16.7 Å². The second-order valence-electron chi connectivity index (χ2n) is 4.61. The Morgan fingerprint density at radius 3 is 2.76 bits per heavy atom. The molecule has 110 valence electrons. The number of hydrogen-bond donors (Lipinski definition) is 2. The van der Waals surface area contributed by atoms with Gasteiger partial charge in [-0.05, 0) is 26.0 Å². The highest BCUT2D eigenvalue weighted by molar-refractivity contribution is 5.88. The molecule has 0 saturated carbocycles. The summed E-state index contributed by atoms with van der Waals surface area (Å²) in [5.41, 5.74) is 6.53. The van der Waals surface area contributed by atoms with E-state index in [-0.39, 0.29) is 29.2 Å². The van der Waals surface area contributed by atoms with Gasteiger partial charge in [-0.1, -0.05) is 0 Å². The summed E-state index contributed by atoms with van der Waals surface area (Å²) >= 11 is 0. The van der Waals surface area contributed by atoms with Crippen LogP contribution in [0.15, 0.2) is 21.7 Å². The smallest absolute Gasteiger partial charge is 0.312 e. The Morgan fingerprint density at radius 2 is 2.10 bits per heavy atom. The highest BCUT2D eigenvalue weighted by Gasteiger charge is 2.19. The predicted octanol–water partition coefficient (Wildman–Crippen LogP) is -3.03. The number of aromatic nitrogens is 4. The summed E-state index contributed by atoms with van der Waals surface area (Å²) in [5.74, 6) is 0.108. The number of nitrogen functional groups attached to an aromatic ring is 1. The van der Waals surface area contributed by atoms with Crippen molar-refractivity contribution in [1.29, 1.82) is 0 Å². The van der Waals surface area contributed by atoms with Crippen molar-refractivity contribution < 1.29 is 17.4 Å². The average Bonchev–Trinajstić information content (AvgIpc) is 2.38. The van der Waals surface area contributed by atoms with Crippen LogP contribution in [0.2, 0.25) is 0 Å². The molecule has 0 unspecified atom stereocenters. The molecule has 0 aliphatic carbocycles. The van der Waals surface area contributed by atoms with Crippen LogP contribution in [-0.4, -0.2) is 14.5 Å². The molecule has 0 fully saturated rings. The molecular formula is C13H14ClN5O2. The maximum atomic E-state index is 12.5. The minimum Gasteiger partial charge on any atom is -1.00 e. The van der Waals surface area contributed by atoms with Crippen molar-refractivity contribution in [2.75, 3.05) is 5.73 Å². The molecule has 0 bridgehead atoms. The number of pyridine rings is 2. The zero-order chi connectivity index (χ0) is 14.4. The largest absolute Gasteiger partial charge is 1.00 e. The van der Waals surface area contributed by atoms with Gasteiger partial charge in [-0.15, -0.1) is 0 Å². The van der Waals surface area contributed by atoms with E-state index in [1.807, 2.05) is 13.8 Å². The number of fused-ring (bicyclic) bond motifs is 2. The Labute approximate surface area is 125 Å². The lowest BCUT2D eigenvalue weighted by atomic mass is 10.2. The number of nitrogens with two attached hydrogens (primary N) is 1. The van der Waals surface area contributed by atoms with Crippen molar-refractivity contribution >= 4 is 28.0 Å². The summed E-state index contributed by atoms with van der Waals surface area (Å²) in [6, 6.07) is 3.45. The van der Waals surface area contributed by atoms with Crippen LogP contribution in [0, 0.1) is 6.92 Å². The van der Waals surface area contributed by atoms with Gasteiger partial charge in [-0.2, -0.15) is 0 Å². The van der Waals surface area contributed by atoms with Gasteiger partial charge >= 0.3 is 11.5 Å². The molecular weight excluding hydrogens is 294 g/mol. The number of hydrogen-bond acceptors (Lipinski definition) is 4. The van der Waals surface area contributed by atoms with Gasteiger partial charge in [-0.25, -0.2) is 15.0 Å². The van der Waals surface area contributed by atoms with E-state index in [4.69, 9.17) is 5.73 Å². The molecule has 0 radical (unpaired) electrons. The second-order valence-corrected chi connectivity index (χ2v) is 4.61. The summed E-state index contributed by atoms with van der Waals surface area (Å²) < 4.78 is 1.78. The Kier molecular flexibility index (Phi) is 3.69. The van der Waals surface area contributed by atoms with Gasteiger partial charge in [-0.3, -0.25) is 14.2 Å². The zero-order valence-corrected chi connectivity index (χ0v) is 12.3. The van der Waals surface area contributed by atoms with Gasteiger partial charge in [0.1, 0.15) is 0 Å². The molecule has 3 aromatic rings. The standard InChI is InChI=1S/C13H13N5O2.ClH/c1-3-18-10-7(5-4-6(2)15-10)9(19)8-11(18)16-13(14)17-12(8)20;/h4-5H,3H2,1-2H3,(H3,14,16,17,20);1H. The number of aromatic amines is 2. The third kappa shape index (κ3) is 2.15. The molecule has 8 heteroatoms. The number of rotatable bonds is 1. The SMILES string of the molecule is CCn1c2nc(C)ccc2c(=O)c2c(=O)[nH]c(N)[nH+]c21.[Cl-]. The van der Waals surface area contributed by atoms with Gasteiger partial charge in [0.2, 0.25) is 11.1 Å². The summed E-state index contributed by atoms with van der Waals surface area (Å²) in [6.45, 7) is 4.33. The van der Waals surface area contributed by atoms with Crippen LogP contribution >= 0.6 is 0 Å². The number of aryl methyl sites for hydroxylation is 2. The molecule has 3 aromatic heterocycles. The molecule has 0 amide bonds. The summed E-state index contributed by atoms with van der Waals surface area (Å²) in [7, 11) is 0. The lowest BCUT2D eigenvalue weighted by molar-refractivity contribution is -0.335. The van der Waals surface area contributed by atoms with Crippen molar-refractivity contribution in [1.82, 2.24) is 14.5 Å². The minimum absolute atomic E-state index is 0. The molecule has 0 aliphatic heterocycles. The first-order valence-electron chi connectivity index (χ1n) is 6.28. The van der Waals surface area contributed by atoms with Gasteiger partial charge in [0, 0.05) is 5.69 Å². The van der Waals surface area contributed by atoms with Gasteiger partial charge in [0.15, 0.2) is 11.0 Å². The van der Waals surface area contributed by atoms with Gasteiger partial charge < -0.3 is 18.1 Å². The van der Waals surface area contributed by atoms with Gasteiger partial charge in [0.05, 0.1) is 11.9 Å². The van der Waals surface area contributed by atoms with Crippen LogP contribution in [0.4, 0.5) is 5.95 Å². The number of nitrogens with zero attached hydrogens (tertiary/aromatic N) is 2. The Hall–Kier alpha value is -2.41. The molecule has 3 heterocycles. The number of H-pyrrole nitrogens is 2. The zero-order valence-electron chi connectivity index (χ0n) is 11.5. The van der Waals surface area contributed by atoms with E-state index in [1.165, 1.54) is 0 Å². The minimum atomic E-state index is -0.495. The summed E-state index contributed by atoms with van der Waals surface area (Å²) in [4.78, 5) is 34.1. The first-order chi connectivity index (χ1) is 9.52. The fourth-order valence-corrected chi connectivity index (χ4v) is 2.40. The van der Waals surface area contributed by atoms with Crippen LogP contribution in [-0.2, 0) is 6.54 Å². The van der Waals surface area contributed by atoms with E-state index in [2.05, 4.69) is 15.0 Å². The van der Waals surface area contributed by atoms with Crippen molar-refractivity contribution in [2.24, 2.45) is 0 Å². The lowest BCUT2D eigenvalue weighted by Crippen LogP contribution is -3.00. The third-order valence-electron chi connectivity index (χ3n) is 3.29. The first-order valence-corrected chi connectivity index (χ1v) is 6.28. The molecule has 21 heavy (non-hydrogen) atoms. The molecule has 7 nitrogen and oxygen atoms in total. The topological polar surface area (TPSA) is 108 Å². The van der Waals surface area contributed by atoms with Crippen LogP contribution in [0.5, 0.6) is 0 Å². The van der Waals surface area contributed by atoms with E-state index in [0.717, 1.165) is 5.69 Å². The van der Waals surface area contributed by atoms with Crippen LogP contribution in [0.25, 0.3) is 22.1 Å². The number of halogens is 1. The summed E-state index contributed by atoms with van der Waals surface area (Å²) in [6.07, 6.45) is 0. The van der Waals surface area contributed by atoms with Crippen LogP contribution in [0.1, 0.15) is 12.6 Å². The molecule has 0 saturated heterocycles. The van der Waals surface area contributed by atoms with E-state index in [9.17, 15) is 9.59 Å². The molecule has 0 aromatic carbocycles. The fourth-order valence-electron chi connectivity index (χ4n) is 2.40. The Morgan fingerprint density at radius 1 is 1.38 bits per heavy atom. The number of anilines is 1. The Bertz CT molecular complexity index is 961. The summed E-state index contributed by atoms with van der Waals surface area (Å²) in [5, 5.41) is 0.493. The maximum absolute atomic E-state index is 12.5. The van der Waals surface area contributed by atoms with E-state index in [0.29, 0.717) is 23.2 Å². The van der Waals surface area contributed by atoms with E-state index < -0.39 is 5.56 Å². The third-order valence-corrected chi connectivity index (χ3v) is 3.29. The fraction of sp³-hybridized carbons (Fsp3) is 0.231. The van der Waals surface area contributed by atoms with Crippen molar-refractivity contribution in [3.8, 4) is 0 Å². The second kappa shape index (κ2) is 5.17. The maximum Gasteiger partial charge on any atom is 0.312 e. The van der Waals surface area contributed by atoms with E-state index >= 15 is 0 Å². The van der Waals surface area contributed by atoms with Crippen LogP contribution < -0.4 is 34.1 Å². The molecule has 3 rings (SSSR count). The molecule has 0 spiro atoms. The Balaban J connectivity index is 0.00000161. The number of nitrogens with one attached hydrogen (secondary N) is 2. The molecule has 4 N–H and O–H groups in total. The monoisotopic (exact) mass is 307 g/mol. The van der Waals surface area contributed by atoms with Gasteiger partial charge in [0.25, 0.3) is 0 Å². The lowest BCUT2D eigenvalue weighted by Gasteiger charge is -2.08. The molecule has 0 atom stereocenters. The van der Waals surface area contributed by atoms with Crippen LogP contribution in [0.3, 0.4) is 0 Å². The first kappa shape index (κ1) is 15.0. The quantitative estimate of drug-likeness (QED) is 0.466. The van der Waals surface area contributed by atoms with Crippen molar-refractivity contribution in [3.63, 3.8) is 0 Å². The van der Waals surface area contributed by atoms with Crippen molar-refractivity contribution in [2.45, 2.75) is 20.4 Å². The predicted molar refractivity (Wildman–Crippen MR) is 75.5 cm³/mol. The van der Waals surface area contributed by atoms with Crippen molar-refractivity contribution in [3.05, 3.63) is 38.4 Å². The normalized spacial score (nSPS) is 10.8. The highest BCUT2D eigenvalue weighted by atomic mass is 35.5. The molecule has 0 aliphatic rings.